The maximum atomic E-state index is 12.4. The van der Waals surface area contributed by atoms with Gasteiger partial charge in [-0.1, -0.05) is 6.07 Å². The SMILES string of the molecule is O=C(NCc1ccccn1)[C@@H]1C[C@H]2CCN(Cc3ccsc3)C[C@@H]2O1. The number of carbonyl (C=O) groups is 1. The first-order chi connectivity index (χ1) is 12.3. The van der Waals surface area contributed by atoms with E-state index in [-0.39, 0.29) is 18.1 Å². The highest BCUT2D eigenvalue weighted by Gasteiger charge is 2.41. The third-order valence-corrected chi connectivity index (χ3v) is 5.82. The Morgan fingerprint density at radius 2 is 2.36 bits per heavy atom. The fourth-order valence-electron chi connectivity index (χ4n) is 3.74. The van der Waals surface area contributed by atoms with Crippen molar-refractivity contribution in [1.29, 1.82) is 0 Å². The van der Waals surface area contributed by atoms with Gasteiger partial charge in [0.15, 0.2) is 0 Å². The first-order valence-corrected chi connectivity index (χ1v) is 9.79. The summed E-state index contributed by atoms with van der Waals surface area (Å²) in [5, 5.41) is 7.28. The van der Waals surface area contributed by atoms with Crippen molar-refractivity contribution < 1.29 is 9.53 Å². The first-order valence-electron chi connectivity index (χ1n) is 8.84. The molecule has 132 valence electrons. The number of nitrogens with zero attached hydrogens (tertiary/aromatic N) is 2. The fourth-order valence-corrected chi connectivity index (χ4v) is 4.40. The number of carbonyl (C=O) groups excluding carboxylic acids is 1. The van der Waals surface area contributed by atoms with Gasteiger partial charge >= 0.3 is 0 Å². The molecule has 4 rings (SSSR count). The molecule has 5 nitrogen and oxygen atoms in total. The van der Waals surface area contributed by atoms with Crippen LogP contribution in [0.4, 0.5) is 0 Å². The standard InChI is InChI=1S/C19H23N3O2S/c23-19(21-10-16-3-1-2-6-20-16)17-9-15-4-7-22(12-18(15)24-17)11-14-5-8-25-13-14/h1-3,5-6,8,13,15,17-18H,4,7,9-12H2,(H,21,23)/t15-,17+,18+/m1/s1. The lowest BCUT2D eigenvalue weighted by Crippen LogP contribution is -2.42. The van der Waals surface area contributed by atoms with Crippen molar-refractivity contribution in [2.75, 3.05) is 13.1 Å². The van der Waals surface area contributed by atoms with E-state index in [1.54, 1.807) is 17.5 Å². The molecular formula is C19H23N3O2S. The van der Waals surface area contributed by atoms with Crippen LogP contribution in [-0.2, 0) is 22.6 Å². The summed E-state index contributed by atoms with van der Waals surface area (Å²) in [6, 6.07) is 7.90. The molecule has 25 heavy (non-hydrogen) atoms. The van der Waals surface area contributed by atoms with E-state index < -0.39 is 0 Å². The molecule has 0 spiro atoms. The molecule has 1 N–H and O–H groups in total. The number of nitrogens with one attached hydrogen (secondary N) is 1. The summed E-state index contributed by atoms with van der Waals surface area (Å²) in [5.41, 5.74) is 2.24. The Bertz CT molecular complexity index is 692. The molecule has 3 atom stereocenters. The Labute approximate surface area is 152 Å². The zero-order valence-corrected chi connectivity index (χ0v) is 15.0. The summed E-state index contributed by atoms with van der Waals surface area (Å²) in [6.45, 7) is 3.44. The van der Waals surface area contributed by atoms with Gasteiger partial charge in [0.05, 0.1) is 18.3 Å². The summed E-state index contributed by atoms with van der Waals surface area (Å²) in [4.78, 5) is 19.1. The number of rotatable bonds is 5. The van der Waals surface area contributed by atoms with Gasteiger partial charge in [0.2, 0.25) is 5.91 Å². The van der Waals surface area contributed by atoms with Crippen molar-refractivity contribution in [2.24, 2.45) is 5.92 Å². The lowest BCUT2D eigenvalue weighted by molar-refractivity contribution is -0.133. The van der Waals surface area contributed by atoms with E-state index in [9.17, 15) is 4.79 Å². The van der Waals surface area contributed by atoms with Gasteiger partial charge in [0.25, 0.3) is 0 Å². The van der Waals surface area contributed by atoms with Crippen molar-refractivity contribution in [3.05, 3.63) is 52.5 Å². The van der Waals surface area contributed by atoms with Crippen LogP contribution in [0.1, 0.15) is 24.1 Å². The lowest BCUT2D eigenvalue weighted by atomic mass is 9.91. The monoisotopic (exact) mass is 357 g/mol. The van der Waals surface area contributed by atoms with E-state index in [2.05, 4.69) is 32.0 Å². The molecule has 0 radical (unpaired) electrons. The van der Waals surface area contributed by atoms with E-state index in [1.165, 1.54) is 5.56 Å². The molecule has 0 unspecified atom stereocenters. The second-order valence-electron chi connectivity index (χ2n) is 6.85. The topological polar surface area (TPSA) is 54.5 Å². The minimum atomic E-state index is -0.320. The van der Waals surface area contributed by atoms with E-state index in [0.717, 1.165) is 38.2 Å². The summed E-state index contributed by atoms with van der Waals surface area (Å²) in [6.07, 6.45) is 3.55. The molecule has 6 heteroatoms. The van der Waals surface area contributed by atoms with Gasteiger partial charge in [-0.05, 0) is 59.8 Å². The molecular weight excluding hydrogens is 334 g/mol. The number of ether oxygens (including phenoxy) is 1. The smallest absolute Gasteiger partial charge is 0.249 e. The van der Waals surface area contributed by atoms with Gasteiger partial charge in [-0.25, -0.2) is 0 Å². The number of hydrogen-bond acceptors (Lipinski definition) is 5. The summed E-state index contributed by atoms with van der Waals surface area (Å²) in [5.74, 6) is 0.494. The van der Waals surface area contributed by atoms with Gasteiger partial charge in [0, 0.05) is 19.3 Å². The molecule has 2 fully saturated rings. The predicted molar refractivity (Wildman–Crippen MR) is 97.1 cm³/mol. The van der Waals surface area contributed by atoms with Gasteiger partial charge in [-0.15, -0.1) is 0 Å². The first kappa shape index (κ1) is 16.7. The van der Waals surface area contributed by atoms with Crippen LogP contribution in [0.15, 0.2) is 41.2 Å². The molecule has 2 aliphatic rings. The van der Waals surface area contributed by atoms with Crippen LogP contribution in [0.25, 0.3) is 0 Å². The van der Waals surface area contributed by atoms with Crippen molar-refractivity contribution in [2.45, 2.75) is 38.1 Å². The van der Waals surface area contributed by atoms with Crippen molar-refractivity contribution in [3.63, 3.8) is 0 Å². The molecule has 0 aliphatic carbocycles. The number of likely N-dealkylation sites (tertiary alicyclic amines) is 1. The van der Waals surface area contributed by atoms with Crippen molar-refractivity contribution in [3.8, 4) is 0 Å². The quantitative estimate of drug-likeness (QED) is 0.893. The molecule has 0 saturated carbocycles. The number of fused-ring (bicyclic) bond motifs is 1. The van der Waals surface area contributed by atoms with Crippen LogP contribution in [-0.4, -0.2) is 41.1 Å². The van der Waals surface area contributed by atoms with Crippen LogP contribution in [0.2, 0.25) is 0 Å². The molecule has 2 aliphatic heterocycles. The number of pyridine rings is 1. The van der Waals surface area contributed by atoms with Crippen LogP contribution in [0.5, 0.6) is 0 Å². The predicted octanol–water partition coefficient (Wildman–Crippen LogP) is 2.44. The number of piperidine rings is 1. The minimum Gasteiger partial charge on any atom is -0.364 e. The van der Waals surface area contributed by atoms with Gasteiger partial charge in [0.1, 0.15) is 6.10 Å². The van der Waals surface area contributed by atoms with E-state index >= 15 is 0 Å². The normalized spacial score (nSPS) is 26.3. The Balaban J connectivity index is 1.28. The second kappa shape index (κ2) is 7.64. The molecule has 4 heterocycles. The van der Waals surface area contributed by atoms with E-state index in [4.69, 9.17) is 4.74 Å². The Morgan fingerprint density at radius 1 is 1.40 bits per heavy atom. The highest BCUT2D eigenvalue weighted by molar-refractivity contribution is 7.07. The van der Waals surface area contributed by atoms with E-state index in [0.29, 0.717) is 12.5 Å². The zero-order valence-electron chi connectivity index (χ0n) is 14.1. The largest absolute Gasteiger partial charge is 0.364 e. The Kier molecular flexibility index (Phi) is 5.10. The maximum Gasteiger partial charge on any atom is 0.249 e. The third-order valence-electron chi connectivity index (χ3n) is 5.08. The number of hydrogen-bond donors (Lipinski definition) is 1. The molecule has 2 aromatic rings. The Morgan fingerprint density at radius 3 is 3.16 bits per heavy atom. The zero-order chi connectivity index (χ0) is 17.1. The highest BCUT2D eigenvalue weighted by Crippen LogP contribution is 2.33. The Hall–Kier alpha value is -1.76. The fraction of sp³-hybridized carbons (Fsp3) is 0.474. The highest BCUT2D eigenvalue weighted by atomic mass is 32.1. The number of amides is 1. The van der Waals surface area contributed by atoms with Crippen LogP contribution >= 0.6 is 11.3 Å². The average Bonchev–Trinajstić information content (AvgIpc) is 3.30. The minimum absolute atomic E-state index is 0.00978. The van der Waals surface area contributed by atoms with Crippen LogP contribution < -0.4 is 5.32 Å². The summed E-state index contributed by atoms with van der Waals surface area (Å²) < 4.78 is 6.09. The van der Waals surface area contributed by atoms with Crippen LogP contribution in [0, 0.1) is 5.92 Å². The molecule has 2 saturated heterocycles. The van der Waals surface area contributed by atoms with E-state index in [1.807, 2.05) is 18.2 Å². The number of thiophene rings is 1. The van der Waals surface area contributed by atoms with Crippen molar-refractivity contribution >= 4 is 17.2 Å². The molecule has 1 amide bonds. The maximum absolute atomic E-state index is 12.4. The van der Waals surface area contributed by atoms with Gasteiger partial charge < -0.3 is 10.1 Å². The van der Waals surface area contributed by atoms with Crippen molar-refractivity contribution in [1.82, 2.24) is 15.2 Å². The number of aromatic nitrogens is 1. The second-order valence-corrected chi connectivity index (χ2v) is 7.63. The average molecular weight is 357 g/mol. The lowest BCUT2D eigenvalue weighted by Gasteiger charge is -2.33. The molecule has 0 aromatic carbocycles. The molecule has 2 aromatic heterocycles. The van der Waals surface area contributed by atoms with Gasteiger partial charge in [-0.3, -0.25) is 14.7 Å². The summed E-state index contributed by atoms with van der Waals surface area (Å²) in [7, 11) is 0. The molecule has 0 bridgehead atoms. The van der Waals surface area contributed by atoms with Crippen LogP contribution in [0.3, 0.4) is 0 Å². The summed E-state index contributed by atoms with van der Waals surface area (Å²) >= 11 is 1.74. The third kappa shape index (κ3) is 4.08. The van der Waals surface area contributed by atoms with Gasteiger partial charge in [-0.2, -0.15) is 11.3 Å².